The number of aldehydes is 1. The fourth-order valence-electron chi connectivity index (χ4n) is 0.655. The first-order chi connectivity index (χ1) is 4.74. The summed E-state index contributed by atoms with van der Waals surface area (Å²) in [5, 5.41) is 0.209. The van der Waals surface area contributed by atoms with E-state index in [1.807, 2.05) is 0 Å². The van der Waals surface area contributed by atoms with Gasteiger partial charge in [-0.25, -0.2) is 0 Å². The van der Waals surface area contributed by atoms with E-state index < -0.39 is 0 Å². The normalized spacial score (nSPS) is 25.2. The second-order valence-electron chi connectivity index (χ2n) is 1.87. The zero-order chi connectivity index (χ0) is 7.56. The SMILES string of the molecule is O=CC1=CCC(Cl)N=C1Cl. The first kappa shape index (κ1) is 7.76. The fourth-order valence-corrected chi connectivity index (χ4v) is 1.13. The lowest BCUT2D eigenvalue weighted by Gasteiger charge is -2.07. The van der Waals surface area contributed by atoms with E-state index in [4.69, 9.17) is 23.2 Å². The summed E-state index contributed by atoms with van der Waals surface area (Å²) in [7, 11) is 0. The molecule has 54 valence electrons. The molecule has 0 bridgehead atoms. The number of alkyl halides is 1. The van der Waals surface area contributed by atoms with Crippen LogP contribution in [0.4, 0.5) is 0 Å². The lowest BCUT2D eigenvalue weighted by atomic mass is 10.2. The molecule has 0 spiro atoms. The molecule has 0 aromatic carbocycles. The molecule has 1 atom stereocenters. The number of nitrogens with zero attached hydrogens (tertiary/aromatic N) is 1. The van der Waals surface area contributed by atoms with Crippen molar-refractivity contribution in [2.45, 2.75) is 11.9 Å². The van der Waals surface area contributed by atoms with Gasteiger partial charge >= 0.3 is 0 Å². The zero-order valence-corrected chi connectivity index (χ0v) is 6.56. The molecule has 0 radical (unpaired) electrons. The quantitative estimate of drug-likeness (QED) is 0.341. The van der Waals surface area contributed by atoms with Crippen LogP contribution in [0.1, 0.15) is 6.42 Å². The molecule has 2 nitrogen and oxygen atoms in total. The zero-order valence-electron chi connectivity index (χ0n) is 5.05. The number of carbonyl (C=O) groups is 1. The van der Waals surface area contributed by atoms with Gasteiger partial charge in [0, 0.05) is 12.0 Å². The van der Waals surface area contributed by atoms with Crippen molar-refractivity contribution in [3.8, 4) is 0 Å². The number of hydrogen-bond acceptors (Lipinski definition) is 2. The van der Waals surface area contributed by atoms with Crippen molar-refractivity contribution in [1.82, 2.24) is 0 Å². The second kappa shape index (κ2) is 3.17. The van der Waals surface area contributed by atoms with Gasteiger partial charge in [0.2, 0.25) is 0 Å². The molecule has 0 aliphatic carbocycles. The van der Waals surface area contributed by atoms with Gasteiger partial charge < -0.3 is 0 Å². The third kappa shape index (κ3) is 1.58. The Morgan fingerprint density at radius 3 is 3.00 bits per heavy atom. The largest absolute Gasteiger partial charge is 0.298 e. The van der Waals surface area contributed by atoms with E-state index in [0.717, 1.165) is 0 Å². The van der Waals surface area contributed by atoms with Crippen LogP contribution in [-0.2, 0) is 4.79 Å². The number of allylic oxidation sites excluding steroid dienone is 1. The molecule has 1 rings (SSSR count). The lowest BCUT2D eigenvalue weighted by molar-refractivity contribution is -0.104. The van der Waals surface area contributed by atoms with Crippen LogP contribution in [0.2, 0.25) is 0 Å². The van der Waals surface area contributed by atoms with Crippen LogP contribution in [0.25, 0.3) is 0 Å². The average Bonchev–Trinajstić information content (AvgIpc) is 1.88. The van der Waals surface area contributed by atoms with Crippen LogP contribution in [0.3, 0.4) is 0 Å². The van der Waals surface area contributed by atoms with E-state index in [1.54, 1.807) is 6.08 Å². The van der Waals surface area contributed by atoms with Gasteiger partial charge in [0.05, 0.1) is 0 Å². The van der Waals surface area contributed by atoms with Crippen molar-refractivity contribution in [2.24, 2.45) is 4.99 Å². The molecule has 0 amide bonds. The minimum Gasteiger partial charge on any atom is -0.298 e. The van der Waals surface area contributed by atoms with Crippen molar-refractivity contribution in [2.75, 3.05) is 0 Å². The maximum absolute atomic E-state index is 10.2. The van der Waals surface area contributed by atoms with E-state index >= 15 is 0 Å². The highest BCUT2D eigenvalue weighted by molar-refractivity contribution is 6.72. The molecule has 0 saturated heterocycles. The molecule has 1 heterocycles. The van der Waals surface area contributed by atoms with Crippen LogP contribution >= 0.6 is 23.2 Å². The Balaban J connectivity index is 2.81. The van der Waals surface area contributed by atoms with Crippen LogP contribution in [0.15, 0.2) is 16.6 Å². The van der Waals surface area contributed by atoms with Crippen molar-refractivity contribution in [3.63, 3.8) is 0 Å². The van der Waals surface area contributed by atoms with Gasteiger partial charge in [0.25, 0.3) is 0 Å². The monoisotopic (exact) mass is 177 g/mol. The molecule has 0 aromatic heterocycles. The molecule has 1 aliphatic rings. The molecule has 1 unspecified atom stereocenters. The smallest absolute Gasteiger partial charge is 0.152 e. The molecule has 0 saturated carbocycles. The maximum atomic E-state index is 10.2. The second-order valence-corrected chi connectivity index (χ2v) is 2.73. The van der Waals surface area contributed by atoms with E-state index in [1.165, 1.54) is 0 Å². The predicted molar refractivity (Wildman–Crippen MR) is 41.7 cm³/mol. The summed E-state index contributed by atoms with van der Waals surface area (Å²) in [4.78, 5) is 14.0. The van der Waals surface area contributed by atoms with Gasteiger partial charge in [0.15, 0.2) is 6.29 Å². The fraction of sp³-hybridized carbons (Fsp3) is 0.333. The Bertz CT molecular complexity index is 210. The first-order valence-corrected chi connectivity index (χ1v) is 3.58. The number of halogens is 2. The van der Waals surface area contributed by atoms with Gasteiger partial charge in [-0.1, -0.05) is 29.3 Å². The summed E-state index contributed by atoms with van der Waals surface area (Å²) in [6.07, 6.45) is 2.93. The summed E-state index contributed by atoms with van der Waals surface area (Å²) < 4.78 is 0. The highest BCUT2D eigenvalue weighted by atomic mass is 35.5. The number of rotatable bonds is 1. The third-order valence-corrected chi connectivity index (χ3v) is 1.74. The summed E-state index contributed by atoms with van der Waals surface area (Å²) >= 11 is 11.1. The number of carbonyl (C=O) groups excluding carboxylic acids is 1. The van der Waals surface area contributed by atoms with Crippen LogP contribution < -0.4 is 0 Å². The van der Waals surface area contributed by atoms with E-state index in [2.05, 4.69) is 4.99 Å². The van der Waals surface area contributed by atoms with Gasteiger partial charge in [-0.05, 0) is 0 Å². The summed E-state index contributed by atoms with van der Waals surface area (Å²) in [6, 6.07) is 0. The standard InChI is InChI=1S/C6H5Cl2NO/c7-5-2-1-4(3-10)6(8)9-5/h1,3,5H,2H2. The van der Waals surface area contributed by atoms with E-state index in [9.17, 15) is 4.79 Å². The molecule has 0 aromatic rings. The molecule has 1 aliphatic heterocycles. The summed E-state index contributed by atoms with van der Waals surface area (Å²) in [5.41, 5.74) is 0.120. The van der Waals surface area contributed by atoms with Crippen LogP contribution in [-0.4, -0.2) is 17.0 Å². The van der Waals surface area contributed by atoms with Gasteiger partial charge in [-0.15, -0.1) is 0 Å². The topological polar surface area (TPSA) is 29.4 Å². The van der Waals surface area contributed by atoms with Gasteiger partial charge in [-0.3, -0.25) is 9.79 Å². The Kier molecular flexibility index (Phi) is 2.46. The molecule has 0 N–H and O–H groups in total. The Labute approximate surface area is 68.5 Å². The Morgan fingerprint density at radius 1 is 1.80 bits per heavy atom. The maximum Gasteiger partial charge on any atom is 0.152 e. The summed E-state index contributed by atoms with van der Waals surface area (Å²) in [5.74, 6) is 0. The molecule has 0 fully saturated rings. The number of aliphatic imine (C=N–C) groups is 1. The Hall–Kier alpha value is -0.340. The van der Waals surface area contributed by atoms with Gasteiger partial charge in [-0.2, -0.15) is 0 Å². The summed E-state index contributed by atoms with van der Waals surface area (Å²) in [6.45, 7) is 0. The lowest BCUT2D eigenvalue weighted by Crippen LogP contribution is -2.07. The predicted octanol–water partition coefficient (Wildman–Crippen LogP) is 1.72. The van der Waals surface area contributed by atoms with Crippen LogP contribution in [0.5, 0.6) is 0 Å². The minimum absolute atomic E-state index is 0.209. The van der Waals surface area contributed by atoms with Gasteiger partial charge in [0.1, 0.15) is 10.7 Å². The van der Waals surface area contributed by atoms with Crippen molar-refractivity contribution >= 4 is 34.7 Å². The first-order valence-electron chi connectivity index (χ1n) is 2.77. The van der Waals surface area contributed by atoms with Crippen LogP contribution in [0, 0.1) is 0 Å². The van der Waals surface area contributed by atoms with Crippen molar-refractivity contribution in [1.29, 1.82) is 0 Å². The van der Waals surface area contributed by atoms with Crippen molar-refractivity contribution in [3.05, 3.63) is 11.6 Å². The molecular weight excluding hydrogens is 173 g/mol. The van der Waals surface area contributed by atoms with E-state index in [-0.39, 0.29) is 10.7 Å². The molecule has 4 heteroatoms. The average molecular weight is 178 g/mol. The minimum atomic E-state index is -0.309. The molecular formula is C6H5Cl2NO. The number of hydrogen-bond donors (Lipinski definition) is 0. The Morgan fingerprint density at radius 2 is 2.50 bits per heavy atom. The third-order valence-electron chi connectivity index (χ3n) is 1.15. The van der Waals surface area contributed by atoms with Crippen molar-refractivity contribution < 1.29 is 4.79 Å². The highest BCUT2D eigenvalue weighted by Crippen LogP contribution is 2.16. The highest BCUT2D eigenvalue weighted by Gasteiger charge is 2.11. The van der Waals surface area contributed by atoms with E-state index in [0.29, 0.717) is 18.3 Å². The molecule has 10 heavy (non-hydrogen) atoms. The number of dihydropyridines is 1.